The van der Waals surface area contributed by atoms with Crippen molar-refractivity contribution < 1.29 is 9.53 Å². The number of aromatic nitrogens is 2. The molecular weight excluding hydrogens is 378 g/mol. The molecule has 0 saturated carbocycles. The van der Waals surface area contributed by atoms with Crippen LogP contribution in [0.15, 0.2) is 71.5 Å². The first-order valence-corrected chi connectivity index (χ1v) is 8.96. The van der Waals surface area contributed by atoms with Crippen molar-refractivity contribution in [1.82, 2.24) is 9.97 Å². The van der Waals surface area contributed by atoms with Gasteiger partial charge >= 0.3 is 5.69 Å². The summed E-state index contributed by atoms with van der Waals surface area (Å²) in [6, 6.07) is 19.5. The minimum absolute atomic E-state index is 0.251. The predicted molar refractivity (Wildman–Crippen MR) is 109 cm³/mol. The number of aromatic amines is 2. The molecule has 1 heterocycles. The van der Waals surface area contributed by atoms with E-state index in [0.29, 0.717) is 33.1 Å². The van der Waals surface area contributed by atoms with Crippen molar-refractivity contribution >= 4 is 34.2 Å². The molecule has 0 bridgehead atoms. The Balaban J connectivity index is 1.53. The molecule has 4 rings (SSSR count). The number of fused-ring (bicyclic) bond motifs is 1. The molecule has 0 aliphatic heterocycles. The van der Waals surface area contributed by atoms with Gasteiger partial charge in [-0.2, -0.15) is 0 Å². The van der Waals surface area contributed by atoms with Gasteiger partial charge in [-0.15, -0.1) is 0 Å². The Morgan fingerprint density at radius 2 is 1.71 bits per heavy atom. The number of carbonyl (C=O) groups excluding carboxylic acids is 1. The summed E-state index contributed by atoms with van der Waals surface area (Å²) >= 11 is 6.16. The Hall–Kier alpha value is -3.51. The van der Waals surface area contributed by atoms with Crippen molar-refractivity contribution in [3.8, 4) is 5.75 Å². The van der Waals surface area contributed by atoms with Gasteiger partial charge in [0.25, 0.3) is 5.91 Å². The van der Waals surface area contributed by atoms with E-state index in [2.05, 4.69) is 15.3 Å². The van der Waals surface area contributed by atoms with Crippen LogP contribution in [-0.4, -0.2) is 15.9 Å². The molecule has 0 fully saturated rings. The van der Waals surface area contributed by atoms with Gasteiger partial charge in [-0.25, -0.2) is 4.79 Å². The number of ether oxygens (including phenoxy) is 1. The van der Waals surface area contributed by atoms with Crippen LogP contribution >= 0.6 is 11.6 Å². The number of rotatable bonds is 5. The van der Waals surface area contributed by atoms with E-state index in [4.69, 9.17) is 16.3 Å². The lowest BCUT2D eigenvalue weighted by molar-refractivity contribution is 0.102. The Kier molecular flexibility index (Phi) is 4.87. The van der Waals surface area contributed by atoms with Crippen LogP contribution < -0.4 is 15.7 Å². The zero-order chi connectivity index (χ0) is 19.5. The quantitative estimate of drug-likeness (QED) is 0.471. The van der Waals surface area contributed by atoms with Crippen molar-refractivity contribution in [2.75, 3.05) is 5.32 Å². The molecule has 140 valence electrons. The van der Waals surface area contributed by atoms with E-state index in [9.17, 15) is 9.59 Å². The summed E-state index contributed by atoms with van der Waals surface area (Å²) in [7, 11) is 0. The molecule has 0 saturated heterocycles. The molecule has 0 aliphatic carbocycles. The summed E-state index contributed by atoms with van der Waals surface area (Å²) in [5.74, 6) is 0.142. The molecule has 0 aliphatic rings. The Morgan fingerprint density at radius 3 is 2.57 bits per heavy atom. The second kappa shape index (κ2) is 7.62. The lowest BCUT2D eigenvalue weighted by Gasteiger charge is -2.12. The van der Waals surface area contributed by atoms with Crippen LogP contribution in [0.3, 0.4) is 0 Å². The smallest absolute Gasteiger partial charge is 0.323 e. The lowest BCUT2D eigenvalue weighted by atomic mass is 10.1. The minimum Gasteiger partial charge on any atom is -0.488 e. The summed E-state index contributed by atoms with van der Waals surface area (Å²) in [6.07, 6.45) is 0. The first kappa shape index (κ1) is 17.9. The molecule has 3 aromatic carbocycles. The van der Waals surface area contributed by atoms with Crippen LogP contribution in [0.25, 0.3) is 11.0 Å². The molecule has 3 N–H and O–H groups in total. The highest BCUT2D eigenvalue weighted by Gasteiger charge is 2.13. The van der Waals surface area contributed by atoms with Crippen LogP contribution in [0.5, 0.6) is 5.75 Å². The molecule has 0 atom stereocenters. The largest absolute Gasteiger partial charge is 0.488 e. The number of para-hydroxylation sites is 1. The van der Waals surface area contributed by atoms with E-state index >= 15 is 0 Å². The van der Waals surface area contributed by atoms with Crippen molar-refractivity contribution in [3.63, 3.8) is 0 Å². The van der Waals surface area contributed by atoms with Crippen LogP contribution in [0.4, 0.5) is 5.69 Å². The number of imidazole rings is 1. The Morgan fingerprint density at radius 1 is 0.964 bits per heavy atom. The maximum atomic E-state index is 12.8. The normalized spacial score (nSPS) is 10.8. The van der Waals surface area contributed by atoms with Crippen LogP contribution in [0.2, 0.25) is 5.02 Å². The van der Waals surface area contributed by atoms with E-state index in [-0.39, 0.29) is 18.2 Å². The van der Waals surface area contributed by atoms with Crippen LogP contribution in [0.1, 0.15) is 15.9 Å². The third kappa shape index (κ3) is 3.77. The van der Waals surface area contributed by atoms with Gasteiger partial charge in [-0.3, -0.25) is 4.79 Å². The van der Waals surface area contributed by atoms with Gasteiger partial charge in [0.15, 0.2) is 0 Å². The number of hydrogen-bond donors (Lipinski definition) is 3. The predicted octanol–water partition coefficient (Wildman–Crippen LogP) is 4.34. The van der Waals surface area contributed by atoms with E-state index in [1.807, 2.05) is 18.2 Å². The summed E-state index contributed by atoms with van der Waals surface area (Å²) in [6.45, 7) is 0.251. The summed E-state index contributed by atoms with van der Waals surface area (Å²) in [5.41, 5.74) is 2.79. The SMILES string of the molecule is O=C(Nc1ccc2[nH]c(=O)[nH]c2c1)c1ccccc1OCc1ccccc1Cl. The standard InChI is InChI=1S/C21H16ClN3O3/c22-16-7-3-1-5-13(16)12-28-19-8-4-2-6-15(19)20(26)23-14-9-10-17-18(11-14)25-21(27)24-17/h1-11H,12H2,(H,23,26)(H2,24,25,27). The van der Waals surface area contributed by atoms with Gasteiger partial charge in [-0.1, -0.05) is 41.9 Å². The molecule has 1 aromatic heterocycles. The fraction of sp³-hybridized carbons (Fsp3) is 0.0476. The molecule has 1 amide bonds. The fourth-order valence-corrected chi connectivity index (χ4v) is 3.05. The number of benzene rings is 3. The number of anilines is 1. The highest BCUT2D eigenvalue weighted by atomic mass is 35.5. The van der Waals surface area contributed by atoms with Crippen molar-refractivity contribution in [1.29, 1.82) is 0 Å². The van der Waals surface area contributed by atoms with E-state index in [1.54, 1.807) is 48.5 Å². The molecule has 7 heteroatoms. The molecule has 0 spiro atoms. The lowest BCUT2D eigenvalue weighted by Crippen LogP contribution is -2.13. The van der Waals surface area contributed by atoms with E-state index in [0.717, 1.165) is 5.56 Å². The maximum absolute atomic E-state index is 12.8. The molecular formula is C21H16ClN3O3. The van der Waals surface area contributed by atoms with Crippen LogP contribution in [0, 0.1) is 0 Å². The Bertz CT molecular complexity index is 1210. The summed E-state index contributed by atoms with van der Waals surface area (Å²) in [4.78, 5) is 29.5. The second-order valence-electron chi connectivity index (χ2n) is 6.17. The third-order valence-electron chi connectivity index (χ3n) is 4.25. The fourth-order valence-electron chi connectivity index (χ4n) is 2.86. The highest BCUT2D eigenvalue weighted by Crippen LogP contribution is 2.23. The van der Waals surface area contributed by atoms with Crippen molar-refractivity contribution in [3.05, 3.63) is 93.4 Å². The van der Waals surface area contributed by atoms with E-state index in [1.165, 1.54) is 0 Å². The van der Waals surface area contributed by atoms with Gasteiger partial charge < -0.3 is 20.0 Å². The topological polar surface area (TPSA) is 87.0 Å². The van der Waals surface area contributed by atoms with Gasteiger partial charge in [0, 0.05) is 16.3 Å². The van der Waals surface area contributed by atoms with Crippen molar-refractivity contribution in [2.45, 2.75) is 6.61 Å². The number of H-pyrrole nitrogens is 2. The van der Waals surface area contributed by atoms with Gasteiger partial charge in [0.2, 0.25) is 0 Å². The maximum Gasteiger partial charge on any atom is 0.323 e. The summed E-state index contributed by atoms with van der Waals surface area (Å²) < 4.78 is 5.84. The zero-order valence-electron chi connectivity index (χ0n) is 14.7. The van der Waals surface area contributed by atoms with Crippen molar-refractivity contribution in [2.24, 2.45) is 0 Å². The van der Waals surface area contributed by atoms with Crippen LogP contribution in [-0.2, 0) is 6.61 Å². The first-order valence-electron chi connectivity index (χ1n) is 8.59. The molecule has 28 heavy (non-hydrogen) atoms. The molecule has 4 aromatic rings. The average molecular weight is 394 g/mol. The van der Waals surface area contributed by atoms with Gasteiger partial charge in [-0.05, 0) is 36.4 Å². The number of hydrogen-bond acceptors (Lipinski definition) is 3. The number of carbonyl (C=O) groups is 1. The Labute approximate surface area is 165 Å². The van der Waals surface area contributed by atoms with Gasteiger partial charge in [0.05, 0.1) is 16.6 Å². The van der Waals surface area contributed by atoms with E-state index < -0.39 is 0 Å². The molecule has 0 unspecified atom stereocenters. The zero-order valence-corrected chi connectivity index (χ0v) is 15.4. The first-order chi connectivity index (χ1) is 13.6. The number of halogens is 1. The summed E-state index contributed by atoms with van der Waals surface area (Å²) in [5, 5.41) is 3.44. The number of amides is 1. The average Bonchev–Trinajstić information content (AvgIpc) is 3.07. The monoisotopic (exact) mass is 393 g/mol. The highest BCUT2D eigenvalue weighted by molar-refractivity contribution is 6.31. The van der Waals surface area contributed by atoms with Gasteiger partial charge in [0.1, 0.15) is 12.4 Å². The minimum atomic E-state index is -0.313. The molecule has 6 nitrogen and oxygen atoms in total. The third-order valence-corrected chi connectivity index (χ3v) is 4.62. The second-order valence-corrected chi connectivity index (χ2v) is 6.58. The number of nitrogens with one attached hydrogen (secondary N) is 3. The molecule has 0 radical (unpaired) electrons.